The molecule has 0 saturated carbocycles. The van der Waals surface area contributed by atoms with Crippen molar-refractivity contribution in [1.29, 1.82) is 0 Å². The van der Waals surface area contributed by atoms with Gasteiger partial charge in [0.05, 0.1) is 11.4 Å². The van der Waals surface area contributed by atoms with Crippen LogP contribution in [0.25, 0.3) is 0 Å². The Hall–Kier alpha value is -7.31. The van der Waals surface area contributed by atoms with E-state index in [0.29, 0.717) is 60.1 Å². The van der Waals surface area contributed by atoms with Gasteiger partial charge in [-0.25, -0.2) is 17.6 Å². The molecule has 0 aliphatic carbocycles. The molecule has 4 atom stereocenters. The molecule has 0 aliphatic rings. The quantitative estimate of drug-likeness (QED) is 0.0741. The Balaban J connectivity index is 0.000000200. The Kier molecular flexibility index (Phi) is 19.0. The molecule has 0 radical (unpaired) electrons. The molecule has 2 aromatic heterocycles. The number of benzene rings is 7. The Morgan fingerprint density at radius 1 is 0.365 bits per heavy atom. The van der Waals surface area contributed by atoms with Crippen LogP contribution < -0.4 is 0 Å². The van der Waals surface area contributed by atoms with Gasteiger partial charge in [0.2, 0.25) is 0 Å². The van der Waals surface area contributed by atoms with Gasteiger partial charge in [-0.05, 0) is 112 Å². The summed E-state index contributed by atoms with van der Waals surface area (Å²) < 4.78 is 56.5. The lowest BCUT2D eigenvalue weighted by Gasteiger charge is -2.35. The standard InChI is InChI=1S/C35H32F2N2O.C28H25ClF2N2O/c36-31-19-30(20-32(37)23-31)22-34(35(40)33-21-29(16-17-38-33)18-26-10-4-1-5-11-26)39(24-27-12-6-2-7-13-27)25-28-14-8-3-9-15-28;29-23-11-12-32-26(16-23)28(34)27(15-22-13-24(30)17-25(31)14-22)33(18-20-7-3-1-4-8-20)19-21-9-5-2-6-10-21/h1-17,19-21,23,34-35,40H,18,22,24-25H2;1-14,16-17,27-28,34H,15,18-19H2/t34-,35+;27-,28+/m00/s1. The zero-order chi connectivity index (χ0) is 51.7. The highest BCUT2D eigenvalue weighted by Crippen LogP contribution is 2.30. The number of aromatic nitrogens is 2. The maximum atomic E-state index is 14.2. The van der Waals surface area contributed by atoms with Crippen LogP contribution in [-0.4, -0.2) is 42.1 Å². The van der Waals surface area contributed by atoms with Crippen LogP contribution in [0.3, 0.4) is 0 Å². The van der Waals surface area contributed by atoms with E-state index in [1.807, 2.05) is 152 Å². The summed E-state index contributed by atoms with van der Waals surface area (Å²) in [7, 11) is 0. The van der Waals surface area contributed by atoms with Crippen molar-refractivity contribution in [3.8, 4) is 0 Å². The van der Waals surface area contributed by atoms with Crippen molar-refractivity contribution >= 4 is 11.6 Å². The van der Waals surface area contributed by atoms with E-state index in [1.54, 1.807) is 24.5 Å². The Morgan fingerprint density at radius 3 is 1.04 bits per heavy atom. The summed E-state index contributed by atoms with van der Waals surface area (Å²) in [6, 6.07) is 63.1. The van der Waals surface area contributed by atoms with Gasteiger partial charge in [-0.2, -0.15) is 0 Å². The van der Waals surface area contributed by atoms with Crippen molar-refractivity contribution in [2.24, 2.45) is 0 Å². The number of hydrogen-bond donors (Lipinski definition) is 2. The van der Waals surface area contributed by atoms with Crippen molar-refractivity contribution in [2.45, 2.75) is 69.7 Å². The zero-order valence-corrected chi connectivity index (χ0v) is 41.5. The molecule has 0 unspecified atom stereocenters. The lowest BCUT2D eigenvalue weighted by molar-refractivity contribution is 0.0355. The topological polar surface area (TPSA) is 72.7 Å². The largest absolute Gasteiger partial charge is 0.385 e. The molecule has 376 valence electrons. The molecule has 11 heteroatoms. The SMILES string of the molecule is O[C@H](c1cc(Cc2ccccc2)ccn1)[C@H](Cc1cc(F)cc(F)c1)N(Cc1ccccc1)Cc1ccccc1.O[C@H](c1cc(Cl)ccn1)[C@H](Cc1cc(F)cc(F)c1)N(Cc1ccccc1)Cc1ccccc1. The molecule has 2 N–H and O–H groups in total. The Labute approximate surface area is 435 Å². The van der Waals surface area contributed by atoms with Gasteiger partial charge in [0.15, 0.2) is 0 Å². The molecule has 0 amide bonds. The van der Waals surface area contributed by atoms with Crippen molar-refractivity contribution in [1.82, 2.24) is 19.8 Å². The van der Waals surface area contributed by atoms with Crippen LogP contribution in [0.15, 0.2) is 225 Å². The minimum Gasteiger partial charge on any atom is -0.385 e. The summed E-state index contributed by atoms with van der Waals surface area (Å²) in [4.78, 5) is 13.2. The molecule has 9 rings (SSSR count). The van der Waals surface area contributed by atoms with Gasteiger partial charge < -0.3 is 10.2 Å². The van der Waals surface area contributed by atoms with Crippen LogP contribution in [0.4, 0.5) is 17.6 Å². The molecule has 9 aromatic rings. The van der Waals surface area contributed by atoms with E-state index in [-0.39, 0.29) is 12.8 Å². The molecule has 0 aliphatic heterocycles. The summed E-state index contributed by atoms with van der Waals surface area (Å²) in [6.45, 7) is 2.13. The van der Waals surface area contributed by atoms with E-state index in [0.717, 1.165) is 45.5 Å². The van der Waals surface area contributed by atoms with E-state index in [1.165, 1.54) is 24.3 Å². The third-order valence-electron chi connectivity index (χ3n) is 12.8. The first-order chi connectivity index (χ1) is 36.0. The molecule has 0 fully saturated rings. The van der Waals surface area contributed by atoms with Gasteiger partial charge in [-0.1, -0.05) is 163 Å². The maximum absolute atomic E-state index is 14.2. The molecule has 0 spiro atoms. The molecular weight excluding hydrogens is 956 g/mol. The minimum absolute atomic E-state index is 0.212. The van der Waals surface area contributed by atoms with Crippen LogP contribution >= 0.6 is 11.6 Å². The van der Waals surface area contributed by atoms with E-state index >= 15 is 0 Å². The Bertz CT molecular complexity index is 3000. The molecular formula is C63H57ClF4N4O2. The van der Waals surface area contributed by atoms with Gasteiger partial charge in [0.1, 0.15) is 35.5 Å². The number of aliphatic hydroxyl groups is 2. The highest BCUT2D eigenvalue weighted by Gasteiger charge is 2.31. The predicted molar refractivity (Wildman–Crippen MR) is 285 cm³/mol. The minimum atomic E-state index is -1.04. The number of hydrogen-bond acceptors (Lipinski definition) is 6. The van der Waals surface area contributed by atoms with Gasteiger partial charge in [0.25, 0.3) is 0 Å². The van der Waals surface area contributed by atoms with Crippen molar-refractivity contribution in [2.75, 3.05) is 0 Å². The molecule has 74 heavy (non-hydrogen) atoms. The summed E-state index contributed by atoms with van der Waals surface area (Å²) in [5.41, 5.74) is 8.32. The molecule has 2 heterocycles. The van der Waals surface area contributed by atoms with E-state index in [4.69, 9.17) is 11.6 Å². The molecule has 7 aromatic carbocycles. The Morgan fingerprint density at radius 2 is 0.689 bits per heavy atom. The van der Waals surface area contributed by atoms with Gasteiger partial charge >= 0.3 is 0 Å². The third kappa shape index (κ3) is 15.8. The summed E-state index contributed by atoms with van der Waals surface area (Å²) >= 11 is 6.17. The molecule has 6 nitrogen and oxygen atoms in total. The highest BCUT2D eigenvalue weighted by molar-refractivity contribution is 6.30. The summed E-state index contributed by atoms with van der Waals surface area (Å²) in [5.74, 6) is -2.57. The average molecular weight is 1010 g/mol. The zero-order valence-electron chi connectivity index (χ0n) is 40.7. The monoisotopic (exact) mass is 1010 g/mol. The van der Waals surface area contributed by atoms with Crippen LogP contribution in [0, 0.1) is 23.3 Å². The second-order valence-corrected chi connectivity index (χ2v) is 18.8. The van der Waals surface area contributed by atoms with Crippen LogP contribution in [0.1, 0.15) is 68.1 Å². The first kappa shape index (κ1) is 53.0. The smallest absolute Gasteiger partial charge is 0.126 e. The number of rotatable bonds is 20. The van der Waals surface area contributed by atoms with Crippen molar-refractivity contribution < 1.29 is 27.8 Å². The predicted octanol–water partition coefficient (Wildman–Crippen LogP) is 13.7. The van der Waals surface area contributed by atoms with Gasteiger partial charge in [0, 0.05) is 67.8 Å². The number of nitrogens with zero attached hydrogens (tertiary/aromatic N) is 4. The van der Waals surface area contributed by atoms with E-state index < -0.39 is 47.6 Å². The second kappa shape index (κ2) is 26.6. The first-order valence-corrected chi connectivity index (χ1v) is 24.9. The average Bonchev–Trinajstić information content (AvgIpc) is 3.40. The maximum Gasteiger partial charge on any atom is 0.126 e. The lowest BCUT2D eigenvalue weighted by Crippen LogP contribution is -2.41. The fourth-order valence-corrected chi connectivity index (χ4v) is 9.42. The second-order valence-electron chi connectivity index (χ2n) is 18.4. The first-order valence-electron chi connectivity index (χ1n) is 24.5. The molecule has 0 bridgehead atoms. The van der Waals surface area contributed by atoms with Gasteiger partial charge in [-0.15, -0.1) is 0 Å². The highest BCUT2D eigenvalue weighted by atomic mass is 35.5. The fraction of sp³-hybridized carbons (Fsp3) is 0.175. The van der Waals surface area contributed by atoms with Crippen molar-refractivity contribution in [3.05, 3.63) is 309 Å². The van der Waals surface area contributed by atoms with E-state index in [9.17, 15) is 27.8 Å². The normalized spacial score (nSPS) is 12.9. The summed E-state index contributed by atoms with van der Waals surface area (Å²) in [6.07, 6.45) is 2.36. The number of halogens is 5. The number of aliphatic hydroxyl groups excluding tert-OH is 2. The number of pyridine rings is 2. The molecule has 0 saturated heterocycles. The van der Waals surface area contributed by atoms with Crippen LogP contribution in [0.5, 0.6) is 0 Å². The third-order valence-corrected chi connectivity index (χ3v) is 13.0. The van der Waals surface area contributed by atoms with Crippen molar-refractivity contribution in [3.63, 3.8) is 0 Å². The summed E-state index contributed by atoms with van der Waals surface area (Å²) in [5, 5.41) is 23.8. The van der Waals surface area contributed by atoms with Crippen LogP contribution in [-0.2, 0) is 45.4 Å². The fourth-order valence-electron chi connectivity index (χ4n) is 9.25. The lowest BCUT2D eigenvalue weighted by atomic mass is 9.94. The van der Waals surface area contributed by atoms with E-state index in [2.05, 4.69) is 31.9 Å². The van der Waals surface area contributed by atoms with Crippen LogP contribution in [0.2, 0.25) is 5.02 Å². The van der Waals surface area contributed by atoms with Gasteiger partial charge in [-0.3, -0.25) is 19.8 Å².